The summed E-state index contributed by atoms with van der Waals surface area (Å²) in [6, 6.07) is 4.42. The predicted molar refractivity (Wildman–Crippen MR) is 107 cm³/mol. The summed E-state index contributed by atoms with van der Waals surface area (Å²) in [5.41, 5.74) is 2.30. The molecule has 2 aromatic rings. The molecule has 0 radical (unpaired) electrons. The van der Waals surface area contributed by atoms with Gasteiger partial charge >= 0.3 is 12.0 Å². The largest absolute Gasteiger partial charge is 0.497 e. The van der Waals surface area contributed by atoms with E-state index < -0.39 is 36.0 Å². The first-order chi connectivity index (χ1) is 14.8. The number of hydrogen-bond donors (Lipinski definition) is 2. The van der Waals surface area contributed by atoms with E-state index in [2.05, 4.69) is 10.7 Å². The first-order valence-corrected chi connectivity index (χ1v) is 10.0. The lowest BCUT2D eigenvalue weighted by molar-refractivity contribution is -0.140. The third-order valence-electron chi connectivity index (χ3n) is 5.77. The van der Waals surface area contributed by atoms with E-state index in [4.69, 9.17) is 13.9 Å². The van der Waals surface area contributed by atoms with Crippen molar-refractivity contribution in [2.45, 2.75) is 44.6 Å². The molecule has 2 aliphatic rings. The summed E-state index contributed by atoms with van der Waals surface area (Å²) >= 11 is 0. The van der Waals surface area contributed by atoms with Crippen molar-refractivity contribution >= 4 is 34.8 Å². The van der Waals surface area contributed by atoms with E-state index in [1.807, 2.05) is 0 Å². The summed E-state index contributed by atoms with van der Waals surface area (Å²) in [5.74, 6) is -1.55. The zero-order valence-corrected chi connectivity index (χ0v) is 17.3. The van der Waals surface area contributed by atoms with Gasteiger partial charge in [0.15, 0.2) is 6.61 Å². The molecular weight excluding hydrogens is 406 g/mol. The quantitative estimate of drug-likeness (QED) is 0.551. The number of nitrogens with zero attached hydrogens (tertiary/aromatic N) is 1. The Bertz CT molecular complexity index is 1070. The highest BCUT2D eigenvalue weighted by Crippen LogP contribution is 2.33. The van der Waals surface area contributed by atoms with Gasteiger partial charge in [0.2, 0.25) is 5.76 Å². The summed E-state index contributed by atoms with van der Waals surface area (Å²) in [4.78, 5) is 49.5. The highest BCUT2D eigenvalue weighted by molar-refractivity contribution is 6.08. The second-order valence-corrected chi connectivity index (χ2v) is 7.74. The van der Waals surface area contributed by atoms with E-state index in [9.17, 15) is 19.2 Å². The molecule has 0 atom stereocenters. The van der Waals surface area contributed by atoms with Gasteiger partial charge in [-0.3, -0.25) is 15.0 Å². The molecule has 1 saturated heterocycles. The zero-order valence-electron chi connectivity index (χ0n) is 17.3. The molecule has 2 N–H and O–H groups in total. The van der Waals surface area contributed by atoms with E-state index >= 15 is 0 Å². The van der Waals surface area contributed by atoms with Gasteiger partial charge in [-0.1, -0.05) is 19.3 Å². The standard InChI is InChI=1S/C21H23N3O7/c1-12-14-10-13(29-2)6-7-15(14)31-17(12)18(26)30-11-16(25)23-24-19(27)21(22-20(24)28)8-4-3-5-9-21/h6-7,10H,3-5,8-9,11H2,1-2H3,(H,22,28)(H,23,25). The van der Waals surface area contributed by atoms with Crippen LogP contribution >= 0.6 is 0 Å². The van der Waals surface area contributed by atoms with Crippen molar-refractivity contribution in [2.24, 2.45) is 0 Å². The van der Waals surface area contributed by atoms with Crippen LogP contribution in [0.2, 0.25) is 0 Å². The number of benzene rings is 1. The lowest BCUT2D eigenvalue weighted by atomic mass is 9.82. The normalized spacial score (nSPS) is 17.7. The van der Waals surface area contributed by atoms with Crippen LogP contribution in [-0.2, 0) is 14.3 Å². The fourth-order valence-electron chi connectivity index (χ4n) is 4.09. The predicted octanol–water partition coefficient (Wildman–Crippen LogP) is 2.19. The lowest BCUT2D eigenvalue weighted by Crippen LogP contribution is -2.51. The molecule has 0 bridgehead atoms. The van der Waals surface area contributed by atoms with Crippen molar-refractivity contribution in [2.75, 3.05) is 13.7 Å². The topological polar surface area (TPSA) is 127 Å². The van der Waals surface area contributed by atoms with E-state index in [-0.39, 0.29) is 5.76 Å². The number of fused-ring (bicyclic) bond motifs is 1. The van der Waals surface area contributed by atoms with Crippen molar-refractivity contribution in [1.29, 1.82) is 0 Å². The Kier molecular flexibility index (Phi) is 5.30. The van der Waals surface area contributed by atoms with Crippen molar-refractivity contribution < 1.29 is 33.1 Å². The van der Waals surface area contributed by atoms with Crippen molar-refractivity contribution in [3.8, 4) is 5.75 Å². The third kappa shape index (κ3) is 3.69. The Balaban J connectivity index is 1.38. The number of methoxy groups -OCH3 is 1. The monoisotopic (exact) mass is 429 g/mol. The molecule has 4 amide bonds. The molecule has 1 saturated carbocycles. The molecule has 1 aliphatic heterocycles. The SMILES string of the molecule is COc1ccc2oc(C(=O)OCC(=O)NN3C(=O)NC4(CCCCC4)C3=O)c(C)c2c1. The van der Waals surface area contributed by atoms with Crippen molar-refractivity contribution in [3.63, 3.8) is 0 Å². The molecule has 10 nitrogen and oxygen atoms in total. The maximum absolute atomic E-state index is 12.7. The Morgan fingerprint density at radius 3 is 2.68 bits per heavy atom. The van der Waals surface area contributed by atoms with Crippen LogP contribution in [0.3, 0.4) is 0 Å². The number of aryl methyl sites for hydroxylation is 1. The number of esters is 1. The Morgan fingerprint density at radius 1 is 1.23 bits per heavy atom. The second kappa shape index (κ2) is 7.93. The molecule has 0 unspecified atom stereocenters. The van der Waals surface area contributed by atoms with Gasteiger partial charge in [-0.15, -0.1) is 0 Å². The van der Waals surface area contributed by atoms with E-state index in [0.717, 1.165) is 19.3 Å². The van der Waals surface area contributed by atoms with Gasteiger partial charge in [0, 0.05) is 10.9 Å². The number of carbonyl (C=O) groups excluding carboxylic acids is 4. The Hall–Kier alpha value is -3.56. The van der Waals surface area contributed by atoms with Crippen LogP contribution in [0.5, 0.6) is 5.75 Å². The van der Waals surface area contributed by atoms with Gasteiger partial charge in [0.25, 0.3) is 11.8 Å². The third-order valence-corrected chi connectivity index (χ3v) is 5.77. The minimum absolute atomic E-state index is 0.0350. The van der Waals surface area contributed by atoms with Gasteiger partial charge in [0.1, 0.15) is 16.9 Å². The number of urea groups is 1. The summed E-state index contributed by atoms with van der Waals surface area (Å²) in [7, 11) is 1.53. The lowest BCUT2D eigenvalue weighted by Gasteiger charge is -2.30. The minimum atomic E-state index is -0.953. The average Bonchev–Trinajstić information content (AvgIpc) is 3.21. The molecule has 1 spiro atoms. The number of amides is 4. The Morgan fingerprint density at radius 2 is 1.97 bits per heavy atom. The molecule has 1 aliphatic carbocycles. The van der Waals surface area contributed by atoms with Crippen LogP contribution in [0.1, 0.15) is 48.2 Å². The van der Waals surface area contributed by atoms with Crippen LogP contribution in [0, 0.1) is 6.92 Å². The molecule has 2 heterocycles. The molecule has 164 valence electrons. The maximum atomic E-state index is 12.7. The molecule has 10 heteroatoms. The number of nitrogens with one attached hydrogen (secondary N) is 2. The molecular formula is C21H23N3O7. The highest BCUT2D eigenvalue weighted by Gasteiger charge is 2.52. The van der Waals surface area contributed by atoms with E-state index in [0.29, 0.717) is 40.1 Å². The average molecular weight is 429 g/mol. The highest BCUT2D eigenvalue weighted by atomic mass is 16.5. The fraction of sp³-hybridized carbons (Fsp3) is 0.429. The smallest absolute Gasteiger partial charge is 0.375 e. The number of furan rings is 1. The van der Waals surface area contributed by atoms with Crippen LogP contribution in [0.4, 0.5) is 4.79 Å². The summed E-state index contributed by atoms with van der Waals surface area (Å²) < 4.78 is 15.7. The van der Waals surface area contributed by atoms with Gasteiger partial charge in [-0.05, 0) is 38.0 Å². The molecule has 1 aromatic heterocycles. The van der Waals surface area contributed by atoms with Crippen molar-refractivity contribution in [3.05, 3.63) is 29.5 Å². The van der Waals surface area contributed by atoms with Gasteiger partial charge in [-0.25, -0.2) is 9.59 Å². The Labute approximate surface area is 177 Å². The minimum Gasteiger partial charge on any atom is -0.497 e. The molecule has 4 rings (SSSR count). The summed E-state index contributed by atoms with van der Waals surface area (Å²) in [5, 5.41) is 4.04. The molecule has 1 aromatic carbocycles. The van der Waals surface area contributed by atoms with Crippen molar-refractivity contribution in [1.82, 2.24) is 15.8 Å². The van der Waals surface area contributed by atoms with Crippen LogP contribution in [-0.4, -0.2) is 48.1 Å². The fourth-order valence-corrected chi connectivity index (χ4v) is 4.09. The second-order valence-electron chi connectivity index (χ2n) is 7.74. The molecule has 2 fully saturated rings. The van der Waals surface area contributed by atoms with Gasteiger partial charge in [-0.2, -0.15) is 5.01 Å². The first-order valence-electron chi connectivity index (χ1n) is 10.0. The van der Waals surface area contributed by atoms with Gasteiger partial charge in [0.05, 0.1) is 7.11 Å². The van der Waals surface area contributed by atoms with E-state index in [1.165, 1.54) is 7.11 Å². The summed E-state index contributed by atoms with van der Waals surface area (Å²) in [6.07, 6.45) is 3.73. The van der Waals surface area contributed by atoms with E-state index in [1.54, 1.807) is 25.1 Å². The van der Waals surface area contributed by atoms with Crippen LogP contribution in [0.15, 0.2) is 22.6 Å². The number of ether oxygens (including phenoxy) is 2. The summed E-state index contributed by atoms with van der Waals surface area (Å²) in [6.45, 7) is 1.02. The van der Waals surface area contributed by atoms with Crippen LogP contribution in [0.25, 0.3) is 11.0 Å². The molecule has 31 heavy (non-hydrogen) atoms. The van der Waals surface area contributed by atoms with Crippen LogP contribution < -0.4 is 15.5 Å². The number of hydrazine groups is 1. The number of rotatable bonds is 5. The first kappa shape index (κ1) is 20.7. The zero-order chi connectivity index (χ0) is 22.2. The number of carbonyl (C=O) groups is 4. The van der Waals surface area contributed by atoms with Gasteiger partial charge < -0.3 is 19.2 Å². The number of imide groups is 1. The number of hydrogen-bond acceptors (Lipinski definition) is 7. The maximum Gasteiger partial charge on any atom is 0.375 e.